The highest BCUT2D eigenvalue weighted by molar-refractivity contribution is 5.75. The Morgan fingerprint density at radius 3 is 2.44 bits per heavy atom. The van der Waals surface area contributed by atoms with Gasteiger partial charge in [0.1, 0.15) is 11.6 Å². The van der Waals surface area contributed by atoms with Crippen LogP contribution in [0.1, 0.15) is 50.8 Å². The van der Waals surface area contributed by atoms with Crippen molar-refractivity contribution in [1.82, 2.24) is 10.2 Å². The number of carboxylic acids is 1. The van der Waals surface area contributed by atoms with Crippen molar-refractivity contribution in [3.05, 3.63) is 35.4 Å². The van der Waals surface area contributed by atoms with Gasteiger partial charge in [-0.3, -0.25) is 9.69 Å². The average molecular weight is 348 g/mol. The van der Waals surface area contributed by atoms with Gasteiger partial charge in [0, 0.05) is 19.1 Å². The van der Waals surface area contributed by atoms with E-state index >= 15 is 0 Å². The highest BCUT2D eigenvalue weighted by Gasteiger charge is 2.32. The number of nitrogens with one attached hydrogen (secondary N) is 1. The van der Waals surface area contributed by atoms with Gasteiger partial charge in [0.25, 0.3) is 0 Å². The number of aliphatic carboxylic acids is 1. The van der Waals surface area contributed by atoms with Crippen LogP contribution in [0.5, 0.6) is 0 Å². The normalized spacial score (nSPS) is 17.8. The summed E-state index contributed by atoms with van der Waals surface area (Å²) >= 11 is 0. The number of hydrogen-bond donors (Lipinski definition) is 2. The lowest BCUT2D eigenvalue weighted by Gasteiger charge is -2.36. The van der Waals surface area contributed by atoms with E-state index in [1.165, 1.54) is 0 Å². The number of carbonyl (C=O) groups is 2. The van der Waals surface area contributed by atoms with E-state index in [4.69, 9.17) is 4.74 Å². The lowest BCUT2D eigenvalue weighted by molar-refractivity contribution is -0.144. The molecule has 0 aromatic heterocycles. The third kappa shape index (κ3) is 5.74. The van der Waals surface area contributed by atoms with Crippen molar-refractivity contribution in [3.8, 4) is 0 Å². The summed E-state index contributed by atoms with van der Waals surface area (Å²) in [6.07, 6.45) is 0.989. The van der Waals surface area contributed by atoms with Crippen LogP contribution in [0.25, 0.3) is 0 Å². The molecule has 1 aliphatic rings. The van der Waals surface area contributed by atoms with Crippen LogP contribution >= 0.6 is 0 Å². The molecular weight excluding hydrogens is 320 g/mol. The first kappa shape index (κ1) is 19.2. The number of nitrogens with zero attached hydrogens (tertiary/aromatic N) is 1. The smallest absolute Gasteiger partial charge is 0.407 e. The first-order valence-corrected chi connectivity index (χ1v) is 8.68. The maximum absolute atomic E-state index is 11.9. The van der Waals surface area contributed by atoms with Gasteiger partial charge in [-0.1, -0.05) is 29.8 Å². The first-order valence-electron chi connectivity index (χ1n) is 8.68. The number of alkyl carbamates (subject to hydrolysis) is 1. The topological polar surface area (TPSA) is 78.9 Å². The summed E-state index contributed by atoms with van der Waals surface area (Å²) in [7, 11) is 0. The number of carboxylic acid groups (broad SMARTS) is 1. The van der Waals surface area contributed by atoms with Crippen molar-refractivity contribution in [1.29, 1.82) is 0 Å². The van der Waals surface area contributed by atoms with Crippen LogP contribution in [-0.2, 0) is 9.53 Å². The van der Waals surface area contributed by atoms with Crippen LogP contribution in [0.4, 0.5) is 4.79 Å². The largest absolute Gasteiger partial charge is 0.480 e. The Bertz CT molecular complexity index is 616. The van der Waals surface area contributed by atoms with E-state index < -0.39 is 23.7 Å². The maximum atomic E-state index is 11.9. The molecule has 0 spiro atoms. The van der Waals surface area contributed by atoms with Crippen LogP contribution in [0.15, 0.2) is 24.3 Å². The van der Waals surface area contributed by atoms with E-state index in [0.29, 0.717) is 25.9 Å². The maximum Gasteiger partial charge on any atom is 0.407 e. The van der Waals surface area contributed by atoms with E-state index in [1.807, 2.05) is 56.9 Å². The average Bonchev–Trinajstić information content (AvgIpc) is 2.47. The molecule has 0 saturated carbocycles. The van der Waals surface area contributed by atoms with Gasteiger partial charge in [-0.05, 0) is 46.1 Å². The van der Waals surface area contributed by atoms with Crippen LogP contribution < -0.4 is 5.32 Å². The van der Waals surface area contributed by atoms with E-state index in [1.54, 1.807) is 0 Å². The lowest BCUT2D eigenvalue weighted by atomic mass is 9.98. The molecule has 1 aromatic rings. The lowest BCUT2D eigenvalue weighted by Crippen LogP contribution is -2.48. The van der Waals surface area contributed by atoms with Crippen molar-refractivity contribution >= 4 is 12.1 Å². The van der Waals surface area contributed by atoms with Gasteiger partial charge < -0.3 is 15.2 Å². The number of benzene rings is 1. The zero-order valence-corrected chi connectivity index (χ0v) is 15.4. The standard InChI is InChI=1S/C19H28N2O4/c1-13-6-5-7-14(12-13)16(17(22)23)21-10-8-15(9-11-21)20-18(24)25-19(2,3)4/h5-7,12,15-16H,8-11H2,1-4H3,(H,20,24)(H,22,23). The molecule has 1 aromatic carbocycles. The molecule has 6 nitrogen and oxygen atoms in total. The molecule has 6 heteroatoms. The summed E-state index contributed by atoms with van der Waals surface area (Å²) in [5.74, 6) is -0.843. The fraction of sp³-hybridized carbons (Fsp3) is 0.579. The molecule has 1 aliphatic heterocycles. The molecule has 25 heavy (non-hydrogen) atoms. The second-order valence-electron chi connectivity index (χ2n) is 7.61. The molecule has 0 bridgehead atoms. The fourth-order valence-electron chi connectivity index (χ4n) is 3.13. The summed E-state index contributed by atoms with van der Waals surface area (Å²) < 4.78 is 5.28. The Morgan fingerprint density at radius 1 is 1.28 bits per heavy atom. The number of likely N-dealkylation sites (tertiary alicyclic amines) is 1. The van der Waals surface area contributed by atoms with Crippen LogP contribution in [0, 0.1) is 6.92 Å². The summed E-state index contributed by atoms with van der Waals surface area (Å²) in [5.41, 5.74) is 1.32. The number of hydrogen-bond acceptors (Lipinski definition) is 4. The molecule has 2 N–H and O–H groups in total. The van der Waals surface area contributed by atoms with Gasteiger partial charge in [0.05, 0.1) is 0 Å². The molecule has 0 radical (unpaired) electrons. The molecule has 0 aliphatic carbocycles. The second-order valence-corrected chi connectivity index (χ2v) is 7.61. The summed E-state index contributed by atoms with van der Waals surface area (Å²) in [5, 5.41) is 12.6. The van der Waals surface area contributed by atoms with E-state index in [2.05, 4.69) is 5.32 Å². The number of rotatable bonds is 4. The van der Waals surface area contributed by atoms with Gasteiger partial charge in [-0.15, -0.1) is 0 Å². The zero-order valence-electron chi connectivity index (χ0n) is 15.4. The number of aryl methyl sites for hydroxylation is 1. The summed E-state index contributed by atoms with van der Waals surface area (Å²) in [6.45, 7) is 8.67. The van der Waals surface area contributed by atoms with Crippen LogP contribution in [0.2, 0.25) is 0 Å². The Labute approximate surface area is 149 Å². The Hall–Kier alpha value is -2.08. The quantitative estimate of drug-likeness (QED) is 0.874. The highest BCUT2D eigenvalue weighted by atomic mass is 16.6. The van der Waals surface area contributed by atoms with Crippen LogP contribution in [0.3, 0.4) is 0 Å². The molecule has 1 unspecified atom stereocenters. The third-order valence-corrected chi connectivity index (χ3v) is 4.21. The molecule has 1 heterocycles. The Balaban J connectivity index is 1.95. The number of carbonyl (C=O) groups excluding carboxylic acids is 1. The monoisotopic (exact) mass is 348 g/mol. The first-order chi connectivity index (χ1) is 11.7. The van der Waals surface area contributed by atoms with Crippen molar-refractivity contribution in [3.63, 3.8) is 0 Å². The molecule has 1 atom stereocenters. The minimum absolute atomic E-state index is 0.0121. The minimum Gasteiger partial charge on any atom is -0.480 e. The van der Waals surface area contributed by atoms with Gasteiger partial charge in [0.15, 0.2) is 0 Å². The van der Waals surface area contributed by atoms with Gasteiger partial charge in [-0.2, -0.15) is 0 Å². The van der Waals surface area contributed by atoms with Crippen molar-refractivity contribution in [2.75, 3.05) is 13.1 Å². The van der Waals surface area contributed by atoms with Gasteiger partial charge in [-0.25, -0.2) is 4.79 Å². The number of amides is 1. The van der Waals surface area contributed by atoms with Gasteiger partial charge in [0.2, 0.25) is 0 Å². The van der Waals surface area contributed by atoms with Crippen molar-refractivity contribution < 1.29 is 19.4 Å². The summed E-state index contributed by atoms with van der Waals surface area (Å²) in [4.78, 5) is 25.6. The third-order valence-electron chi connectivity index (χ3n) is 4.21. The number of piperidine rings is 1. The molecule has 1 saturated heterocycles. The van der Waals surface area contributed by atoms with Gasteiger partial charge >= 0.3 is 12.1 Å². The predicted molar refractivity (Wildman–Crippen MR) is 95.5 cm³/mol. The predicted octanol–water partition coefficient (Wildman–Crippen LogP) is 3.11. The van der Waals surface area contributed by atoms with E-state index in [0.717, 1.165) is 11.1 Å². The molecular formula is C19H28N2O4. The van der Waals surface area contributed by atoms with Crippen molar-refractivity contribution in [2.45, 2.75) is 58.2 Å². The highest BCUT2D eigenvalue weighted by Crippen LogP contribution is 2.26. The van der Waals surface area contributed by atoms with Crippen molar-refractivity contribution in [2.24, 2.45) is 0 Å². The Kier molecular flexibility index (Phi) is 6.06. The molecule has 2 rings (SSSR count). The van der Waals surface area contributed by atoms with Crippen LogP contribution in [-0.4, -0.2) is 46.8 Å². The fourth-order valence-corrected chi connectivity index (χ4v) is 3.13. The zero-order chi connectivity index (χ0) is 18.6. The molecule has 138 valence electrons. The molecule has 1 amide bonds. The van der Waals surface area contributed by atoms with E-state index in [-0.39, 0.29) is 6.04 Å². The van der Waals surface area contributed by atoms with E-state index in [9.17, 15) is 14.7 Å². The Morgan fingerprint density at radius 2 is 1.92 bits per heavy atom. The second kappa shape index (κ2) is 7.87. The number of ether oxygens (including phenoxy) is 1. The summed E-state index contributed by atoms with van der Waals surface area (Å²) in [6, 6.07) is 6.98. The SMILES string of the molecule is Cc1cccc(C(C(=O)O)N2CCC(NC(=O)OC(C)(C)C)CC2)c1. The molecule has 1 fully saturated rings. The minimum atomic E-state index is -0.843.